The topological polar surface area (TPSA) is 58.6 Å². The molecule has 0 amide bonds. The van der Waals surface area contributed by atoms with Crippen LogP contribution in [-0.4, -0.2) is 17.1 Å². The second-order valence-corrected chi connectivity index (χ2v) is 6.90. The highest BCUT2D eigenvalue weighted by Crippen LogP contribution is 2.26. The van der Waals surface area contributed by atoms with Crippen molar-refractivity contribution in [2.45, 2.75) is 59.7 Å². The summed E-state index contributed by atoms with van der Waals surface area (Å²) in [5.41, 5.74) is 5.58. The molecule has 0 radical (unpaired) electrons. The summed E-state index contributed by atoms with van der Waals surface area (Å²) in [7, 11) is 0. The van der Waals surface area contributed by atoms with Crippen LogP contribution in [0.25, 0.3) is 0 Å². The summed E-state index contributed by atoms with van der Waals surface area (Å²) in [5.74, 6) is 0.108. The van der Waals surface area contributed by atoms with Crippen LogP contribution >= 0.6 is 0 Å². The van der Waals surface area contributed by atoms with Gasteiger partial charge in [-0.15, -0.1) is 0 Å². The highest BCUT2D eigenvalue weighted by atomic mass is 16.5. The van der Waals surface area contributed by atoms with E-state index in [9.17, 15) is 9.90 Å². The van der Waals surface area contributed by atoms with Crippen molar-refractivity contribution in [3.05, 3.63) is 64.2 Å². The molecule has 0 aliphatic rings. The third-order valence-electron chi connectivity index (χ3n) is 4.41. The zero-order valence-electron chi connectivity index (χ0n) is 16.1. The number of aryl methyl sites for hydroxylation is 3. The average molecular weight is 355 g/mol. The van der Waals surface area contributed by atoms with Crippen molar-refractivity contribution in [3.63, 3.8) is 0 Å². The van der Waals surface area contributed by atoms with E-state index in [4.69, 9.17) is 4.74 Å². The first-order valence-corrected chi connectivity index (χ1v) is 9.15. The molecule has 2 rings (SSSR count). The third-order valence-corrected chi connectivity index (χ3v) is 4.41. The van der Waals surface area contributed by atoms with Crippen molar-refractivity contribution in [1.82, 2.24) is 5.32 Å². The van der Waals surface area contributed by atoms with Crippen LogP contribution in [0.4, 0.5) is 0 Å². The Morgan fingerprint density at radius 2 is 1.81 bits per heavy atom. The molecule has 0 aromatic heterocycles. The van der Waals surface area contributed by atoms with Crippen LogP contribution in [0.1, 0.15) is 47.6 Å². The number of carbonyl (C=O) groups is 1. The molecule has 2 aromatic carbocycles. The molecule has 26 heavy (non-hydrogen) atoms. The molecule has 0 saturated heterocycles. The molecule has 140 valence electrons. The Morgan fingerprint density at radius 3 is 2.38 bits per heavy atom. The summed E-state index contributed by atoms with van der Waals surface area (Å²) in [6.07, 6.45) is 1.47. The summed E-state index contributed by atoms with van der Waals surface area (Å²) in [6.45, 7) is 9.21. The Morgan fingerprint density at radius 1 is 1.12 bits per heavy atom. The molecule has 1 unspecified atom stereocenters. The number of nitrogens with one attached hydrogen (secondary N) is 1. The van der Waals surface area contributed by atoms with Crippen molar-refractivity contribution >= 4 is 5.97 Å². The van der Waals surface area contributed by atoms with Crippen LogP contribution in [0, 0.1) is 20.8 Å². The minimum atomic E-state index is -0.793. The van der Waals surface area contributed by atoms with E-state index < -0.39 is 12.0 Å². The Hall–Kier alpha value is -2.33. The molecule has 0 spiro atoms. The number of hydrogen-bond donors (Lipinski definition) is 2. The van der Waals surface area contributed by atoms with E-state index in [0.29, 0.717) is 19.6 Å². The average Bonchev–Trinajstić information content (AvgIpc) is 2.57. The highest BCUT2D eigenvalue weighted by Gasteiger charge is 2.15. The van der Waals surface area contributed by atoms with Gasteiger partial charge >= 0.3 is 5.97 Å². The molecule has 0 aliphatic heterocycles. The number of ether oxygens (including phenoxy) is 1. The van der Waals surface area contributed by atoms with Gasteiger partial charge in [0.1, 0.15) is 18.4 Å². The monoisotopic (exact) mass is 355 g/mol. The molecule has 0 bridgehead atoms. The lowest BCUT2D eigenvalue weighted by Gasteiger charge is -2.17. The Labute approximate surface area is 156 Å². The van der Waals surface area contributed by atoms with Gasteiger partial charge in [-0.3, -0.25) is 4.79 Å². The SMILES string of the molecule is CCCC(NCc1cc(C)c(OCc2cccc(C)c2)c(C)c1)C(=O)O. The van der Waals surface area contributed by atoms with E-state index >= 15 is 0 Å². The normalized spacial score (nSPS) is 12.0. The summed E-state index contributed by atoms with van der Waals surface area (Å²) >= 11 is 0. The van der Waals surface area contributed by atoms with Gasteiger partial charge in [-0.2, -0.15) is 0 Å². The lowest BCUT2D eigenvalue weighted by molar-refractivity contribution is -0.139. The fourth-order valence-electron chi connectivity index (χ4n) is 3.17. The molecule has 0 heterocycles. The Balaban J connectivity index is 2.04. The molecule has 2 N–H and O–H groups in total. The van der Waals surface area contributed by atoms with E-state index in [1.807, 2.05) is 26.8 Å². The van der Waals surface area contributed by atoms with E-state index in [1.54, 1.807) is 0 Å². The minimum Gasteiger partial charge on any atom is -0.488 e. The van der Waals surface area contributed by atoms with Crippen molar-refractivity contribution in [2.24, 2.45) is 0 Å². The Bertz CT molecular complexity index is 732. The first-order valence-electron chi connectivity index (χ1n) is 9.15. The van der Waals surface area contributed by atoms with Crippen molar-refractivity contribution in [3.8, 4) is 5.75 Å². The van der Waals surface area contributed by atoms with Crippen LogP contribution in [0.2, 0.25) is 0 Å². The zero-order valence-corrected chi connectivity index (χ0v) is 16.1. The maximum absolute atomic E-state index is 11.3. The first kappa shape index (κ1) is 20.0. The molecule has 4 nitrogen and oxygen atoms in total. The molecule has 0 saturated carbocycles. The van der Waals surface area contributed by atoms with Gasteiger partial charge in [0.05, 0.1) is 0 Å². The van der Waals surface area contributed by atoms with Gasteiger partial charge in [-0.05, 0) is 49.4 Å². The quantitative estimate of drug-likeness (QED) is 0.694. The van der Waals surface area contributed by atoms with E-state index in [2.05, 4.69) is 42.6 Å². The zero-order chi connectivity index (χ0) is 19.1. The fourth-order valence-corrected chi connectivity index (χ4v) is 3.17. The van der Waals surface area contributed by atoms with E-state index in [0.717, 1.165) is 34.4 Å². The van der Waals surface area contributed by atoms with Crippen LogP contribution in [-0.2, 0) is 17.9 Å². The summed E-state index contributed by atoms with van der Waals surface area (Å²) in [5, 5.41) is 12.4. The smallest absolute Gasteiger partial charge is 0.320 e. The maximum atomic E-state index is 11.3. The van der Waals surface area contributed by atoms with Crippen LogP contribution in [0.5, 0.6) is 5.75 Å². The van der Waals surface area contributed by atoms with Crippen molar-refractivity contribution in [1.29, 1.82) is 0 Å². The van der Waals surface area contributed by atoms with Gasteiger partial charge < -0.3 is 15.2 Å². The number of rotatable bonds is 9. The fraction of sp³-hybridized carbons (Fsp3) is 0.409. The number of carboxylic acid groups (broad SMARTS) is 1. The molecule has 0 fully saturated rings. The van der Waals surface area contributed by atoms with Crippen LogP contribution in [0.15, 0.2) is 36.4 Å². The Kier molecular flexibility index (Phi) is 7.22. The molecule has 4 heteroatoms. The number of hydrogen-bond acceptors (Lipinski definition) is 3. The van der Waals surface area contributed by atoms with Crippen molar-refractivity contribution in [2.75, 3.05) is 0 Å². The number of carboxylic acids is 1. The van der Waals surface area contributed by atoms with Crippen LogP contribution in [0.3, 0.4) is 0 Å². The van der Waals surface area contributed by atoms with Crippen LogP contribution < -0.4 is 10.1 Å². The second kappa shape index (κ2) is 9.39. The van der Waals surface area contributed by atoms with Gasteiger partial charge in [0.2, 0.25) is 0 Å². The summed E-state index contributed by atoms with van der Waals surface area (Å²) in [4.78, 5) is 11.3. The van der Waals surface area contributed by atoms with E-state index in [1.165, 1.54) is 5.56 Å². The summed E-state index contributed by atoms with van der Waals surface area (Å²) in [6, 6.07) is 11.9. The lowest BCUT2D eigenvalue weighted by atomic mass is 10.0. The highest BCUT2D eigenvalue weighted by molar-refractivity contribution is 5.73. The maximum Gasteiger partial charge on any atom is 0.320 e. The molecule has 2 aromatic rings. The number of aliphatic carboxylic acids is 1. The molecular weight excluding hydrogens is 326 g/mol. The number of benzene rings is 2. The molecule has 0 aliphatic carbocycles. The van der Waals surface area contributed by atoms with Gasteiger partial charge in [0.25, 0.3) is 0 Å². The predicted molar refractivity (Wildman–Crippen MR) is 105 cm³/mol. The third kappa shape index (κ3) is 5.60. The molecule has 1 atom stereocenters. The van der Waals surface area contributed by atoms with Crippen molar-refractivity contribution < 1.29 is 14.6 Å². The second-order valence-electron chi connectivity index (χ2n) is 6.90. The largest absolute Gasteiger partial charge is 0.488 e. The van der Waals surface area contributed by atoms with E-state index in [-0.39, 0.29) is 0 Å². The predicted octanol–water partition coefficient (Wildman–Crippen LogP) is 4.53. The summed E-state index contributed by atoms with van der Waals surface area (Å²) < 4.78 is 6.05. The lowest BCUT2D eigenvalue weighted by Crippen LogP contribution is -2.36. The van der Waals surface area contributed by atoms with Gasteiger partial charge in [0, 0.05) is 6.54 Å². The first-order chi connectivity index (χ1) is 12.4. The molecular formula is C22H29NO3. The van der Waals surface area contributed by atoms with Gasteiger partial charge in [0.15, 0.2) is 0 Å². The minimum absolute atomic E-state index is 0.502. The van der Waals surface area contributed by atoms with Gasteiger partial charge in [-0.1, -0.05) is 55.3 Å². The van der Waals surface area contributed by atoms with Gasteiger partial charge in [-0.25, -0.2) is 0 Å². The standard InChI is InChI=1S/C22H29NO3/c1-5-7-20(22(24)25)23-13-19-11-16(3)21(17(4)12-19)26-14-18-9-6-8-15(2)10-18/h6,8-12,20,23H,5,7,13-14H2,1-4H3,(H,24,25).